The van der Waals surface area contributed by atoms with Gasteiger partial charge in [-0.05, 0) is 44.4 Å². The fraction of sp³-hybridized carbons (Fsp3) is 0.333. The van der Waals surface area contributed by atoms with E-state index < -0.39 is 0 Å². The van der Waals surface area contributed by atoms with E-state index in [0.717, 1.165) is 29.5 Å². The largest absolute Gasteiger partial charge is 0.294 e. The molecule has 0 N–H and O–H groups in total. The van der Waals surface area contributed by atoms with Gasteiger partial charge in [0.1, 0.15) is 0 Å². The first kappa shape index (κ1) is 19.2. The summed E-state index contributed by atoms with van der Waals surface area (Å²) in [5, 5.41) is 0.384. The monoisotopic (exact) mass is 354 g/mol. The zero-order valence-electron chi connectivity index (χ0n) is 15.2. The zero-order chi connectivity index (χ0) is 18.6. The summed E-state index contributed by atoms with van der Waals surface area (Å²) in [6.07, 6.45) is 2.00. The molecule has 0 aromatic heterocycles. The Kier molecular flexibility index (Phi) is 6.39. The average molecular weight is 354 g/mol. The van der Waals surface area contributed by atoms with Crippen molar-refractivity contribution in [2.75, 3.05) is 0 Å². The Morgan fingerprint density at radius 1 is 1.00 bits per heavy atom. The SMILES string of the molecule is CCCCC(=O)c1c(P=O)cccc1C(=O)c1c(C)cc(C)cc1C. The first-order valence-corrected chi connectivity index (χ1v) is 9.34. The Morgan fingerprint density at radius 3 is 2.20 bits per heavy atom. The third kappa shape index (κ3) is 4.11. The fourth-order valence-corrected chi connectivity index (χ4v) is 3.72. The van der Waals surface area contributed by atoms with Crippen molar-refractivity contribution in [3.63, 3.8) is 0 Å². The molecule has 0 saturated carbocycles. The lowest BCUT2D eigenvalue weighted by atomic mass is 9.89. The molecule has 0 unspecified atom stereocenters. The van der Waals surface area contributed by atoms with E-state index in [-0.39, 0.29) is 20.0 Å². The van der Waals surface area contributed by atoms with Crippen LogP contribution in [-0.4, -0.2) is 11.6 Å². The van der Waals surface area contributed by atoms with Crippen molar-refractivity contribution in [1.82, 2.24) is 0 Å². The van der Waals surface area contributed by atoms with Crippen LogP contribution < -0.4 is 5.30 Å². The quantitative estimate of drug-likeness (QED) is 0.511. The molecule has 0 bridgehead atoms. The van der Waals surface area contributed by atoms with Gasteiger partial charge in [-0.2, -0.15) is 0 Å². The Balaban J connectivity index is 2.61. The van der Waals surface area contributed by atoms with Gasteiger partial charge in [-0.1, -0.05) is 43.2 Å². The number of rotatable bonds is 7. The van der Waals surface area contributed by atoms with Gasteiger partial charge in [0.05, 0.1) is 5.30 Å². The molecule has 0 saturated heterocycles. The summed E-state index contributed by atoms with van der Waals surface area (Å²) < 4.78 is 11.5. The summed E-state index contributed by atoms with van der Waals surface area (Å²) in [6.45, 7) is 7.81. The Labute approximate surface area is 150 Å². The van der Waals surface area contributed by atoms with E-state index in [0.29, 0.717) is 28.4 Å². The van der Waals surface area contributed by atoms with Crippen molar-refractivity contribution >= 4 is 25.3 Å². The maximum atomic E-state index is 13.2. The predicted octanol–water partition coefficient (Wildman–Crippen LogP) is 5.13. The molecule has 25 heavy (non-hydrogen) atoms. The maximum Gasteiger partial charge on any atom is 0.194 e. The van der Waals surface area contributed by atoms with Gasteiger partial charge in [-0.3, -0.25) is 14.2 Å². The standard InChI is InChI=1S/C21H23O3P/c1-5-6-9-17(22)20-16(8-7-10-18(20)25-24)21(23)19-14(3)11-13(2)12-15(19)4/h7-8,10-12H,5-6,9H2,1-4H3. The predicted molar refractivity (Wildman–Crippen MR) is 102 cm³/mol. The van der Waals surface area contributed by atoms with E-state index in [2.05, 4.69) is 0 Å². The van der Waals surface area contributed by atoms with Gasteiger partial charge in [0.15, 0.2) is 20.0 Å². The molecule has 0 aliphatic rings. The van der Waals surface area contributed by atoms with Crippen LogP contribution in [-0.2, 0) is 4.57 Å². The summed E-state index contributed by atoms with van der Waals surface area (Å²) in [4.78, 5) is 25.9. The summed E-state index contributed by atoms with van der Waals surface area (Å²) in [6, 6.07) is 8.92. The van der Waals surface area contributed by atoms with Crippen molar-refractivity contribution in [2.24, 2.45) is 0 Å². The number of Topliss-reactive ketones (excluding diaryl/α,β-unsaturated/α-hetero) is 1. The number of unbranched alkanes of at least 4 members (excludes halogenated alkanes) is 1. The van der Waals surface area contributed by atoms with Gasteiger partial charge in [-0.25, -0.2) is 0 Å². The van der Waals surface area contributed by atoms with Gasteiger partial charge in [0.2, 0.25) is 0 Å². The minimum Gasteiger partial charge on any atom is -0.294 e. The molecule has 2 rings (SSSR count). The summed E-state index contributed by atoms with van der Waals surface area (Å²) in [5.41, 5.74) is 4.14. The van der Waals surface area contributed by atoms with Crippen molar-refractivity contribution in [3.8, 4) is 0 Å². The average Bonchev–Trinajstić information content (AvgIpc) is 2.57. The molecule has 0 atom stereocenters. The van der Waals surface area contributed by atoms with E-state index in [1.165, 1.54) is 0 Å². The van der Waals surface area contributed by atoms with E-state index in [9.17, 15) is 14.2 Å². The van der Waals surface area contributed by atoms with Gasteiger partial charge >= 0.3 is 0 Å². The van der Waals surface area contributed by atoms with Crippen molar-refractivity contribution in [3.05, 3.63) is 63.7 Å². The number of aryl methyl sites for hydroxylation is 3. The second-order valence-electron chi connectivity index (χ2n) is 6.42. The summed E-state index contributed by atoms with van der Waals surface area (Å²) in [5.74, 6) is -0.299. The molecule has 130 valence electrons. The highest BCUT2D eigenvalue weighted by molar-refractivity contribution is 7.34. The number of ketones is 2. The summed E-state index contributed by atoms with van der Waals surface area (Å²) in [7, 11) is -0.243. The van der Waals surface area contributed by atoms with Gasteiger partial charge in [-0.15, -0.1) is 0 Å². The third-order valence-electron chi connectivity index (χ3n) is 4.33. The zero-order valence-corrected chi connectivity index (χ0v) is 16.1. The number of hydrogen-bond acceptors (Lipinski definition) is 3. The highest BCUT2D eigenvalue weighted by Crippen LogP contribution is 2.23. The van der Waals surface area contributed by atoms with Crippen LogP contribution in [0.1, 0.15) is 69.2 Å². The smallest absolute Gasteiger partial charge is 0.194 e. The molecule has 2 aromatic rings. The van der Waals surface area contributed by atoms with E-state index in [1.807, 2.05) is 39.8 Å². The second kappa shape index (κ2) is 8.31. The minimum absolute atomic E-state index is 0.119. The fourth-order valence-electron chi connectivity index (χ4n) is 3.23. The Bertz CT molecular complexity index is 814. The molecule has 4 heteroatoms. The van der Waals surface area contributed by atoms with Crippen LogP contribution in [0.25, 0.3) is 0 Å². The lowest BCUT2D eigenvalue weighted by molar-refractivity contribution is 0.0966. The van der Waals surface area contributed by atoms with Gasteiger partial charge < -0.3 is 0 Å². The van der Waals surface area contributed by atoms with Crippen molar-refractivity contribution < 1.29 is 14.2 Å². The van der Waals surface area contributed by atoms with Gasteiger partial charge in [0, 0.05) is 23.1 Å². The molecular formula is C21H23O3P. The van der Waals surface area contributed by atoms with Crippen LogP contribution in [0.2, 0.25) is 0 Å². The highest BCUT2D eigenvalue weighted by Gasteiger charge is 2.23. The van der Waals surface area contributed by atoms with Crippen LogP contribution in [0.3, 0.4) is 0 Å². The molecule has 0 aliphatic carbocycles. The molecule has 2 aromatic carbocycles. The molecule has 0 aliphatic heterocycles. The first-order valence-electron chi connectivity index (χ1n) is 8.52. The second-order valence-corrected chi connectivity index (χ2v) is 7.08. The van der Waals surface area contributed by atoms with Crippen LogP contribution >= 0.6 is 8.46 Å². The van der Waals surface area contributed by atoms with E-state index in [1.54, 1.807) is 18.2 Å². The Morgan fingerprint density at radius 2 is 1.64 bits per heavy atom. The molecule has 0 amide bonds. The van der Waals surface area contributed by atoms with Crippen LogP contribution in [0.15, 0.2) is 30.3 Å². The Hall–Kier alpha value is -2.12. The maximum absolute atomic E-state index is 13.2. The molecule has 0 heterocycles. The number of carbonyl (C=O) groups excluding carboxylic acids is 2. The topological polar surface area (TPSA) is 51.2 Å². The van der Waals surface area contributed by atoms with Crippen LogP contribution in [0, 0.1) is 20.8 Å². The van der Waals surface area contributed by atoms with Crippen molar-refractivity contribution in [2.45, 2.75) is 47.0 Å². The third-order valence-corrected chi connectivity index (χ3v) is 4.90. The van der Waals surface area contributed by atoms with Crippen LogP contribution in [0.5, 0.6) is 0 Å². The van der Waals surface area contributed by atoms with Crippen molar-refractivity contribution in [1.29, 1.82) is 0 Å². The highest BCUT2D eigenvalue weighted by atomic mass is 31.1. The number of hydrogen-bond donors (Lipinski definition) is 0. The molecule has 0 radical (unpaired) electrons. The van der Waals surface area contributed by atoms with E-state index >= 15 is 0 Å². The normalized spacial score (nSPS) is 10.9. The number of benzene rings is 2. The van der Waals surface area contributed by atoms with Crippen LogP contribution in [0.4, 0.5) is 0 Å². The van der Waals surface area contributed by atoms with E-state index in [4.69, 9.17) is 0 Å². The molecule has 0 spiro atoms. The lowest BCUT2D eigenvalue weighted by Crippen LogP contribution is -2.19. The minimum atomic E-state index is -0.243. The first-order chi connectivity index (χ1) is 11.9. The molecular weight excluding hydrogens is 331 g/mol. The number of carbonyl (C=O) groups is 2. The van der Waals surface area contributed by atoms with Gasteiger partial charge in [0.25, 0.3) is 0 Å². The molecule has 0 fully saturated rings. The molecule has 3 nitrogen and oxygen atoms in total. The lowest BCUT2D eigenvalue weighted by Gasteiger charge is -2.14. The summed E-state index contributed by atoms with van der Waals surface area (Å²) >= 11 is 0.